The molecule has 1 amide bonds. The van der Waals surface area contributed by atoms with Crippen LogP contribution in [0.1, 0.15) is 0 Å². The van der Waals surface area contributed by atoms with Gasteiger partial charge >= 0.3 is 6.09 Å². The Balaban J connectivity index is 1.64. The topological polar surface area (TPSA) is 73.6 Å². The Morgan fingerprint density at radius 3 is 2.25 bits per heavy atom. The van der Waals surface area contributed by atoms with E-state index in [-0.39, 0.29) is 0 Å². The maximum atomic E-state index is 11.9. The molecule has 3 rings (SSSR count). The zero-order valence-corrected chi connectivity index (χ0v) is 12.8. The highest BCUT2D eigenvalue weighted by atomic mass is 16.6. The molecule has 0 fully saturated rings. The predicted octanol–water partition coefficient (Wildman–Crippen LogP) is 4.67. The zero-order valence-electron chi connectivity index (χ0n) is 12.8. The number of hydrogen-bond acceptors (Lipinski definition) is 4. The lowest BCUT2D eigenvalue weighted by Crippen LogP contribution is -2.16. The fourth-order valence-electron chi connectivity index (χ4n) is 2.05. The second-order valence-corrected chi connectivity index (χ2v) is 5.03. The molecule has 0 heterocycles. The highest BCUT2D eigenvalue weighted by Crippen LogP contribution is 2.25. The van der Waals surface area contributed by atoms with Gasteiger partial charge in [-0.25, -0.2) is 4.79 Å². The highest BCUT2D eigenvalue weighted by molar-refractivity contribution is 5.86. The molecule has 0 aliphatic rings. The summed E-state index contributed by atoms with van der Waals surface area (Å²) in [6.45, 7) is 0. The summed E-state index contributed by atoms with van der Waals surface area (Å²) in [6.07, 6.45) is -0.564. The molecule has 0 saturated carbocycles. The Kier molecular flexibility index (Phi) is 4.62. The average Bonchev–Trinajstić information content (AvgIpc) is 2.58. The number of rotatable bonds is 4. The summed E-state index contributed by atoms with van der Waals surface area (Å²) in [4.78, 5) is 11.9. The molecule has 0 radical (unpaired) electrons. The third-order valence-electron chi connectivity index (χ3n) is 3.15. The average molecular weight is 320 g/mol. The van der Waals surface area contributed by atoms with Crippen LogP contribution < -0.4 is 20.5 Å². The van der Waals surface area contributed by atoms with Crippen molar-refractivity contribution in [2.45, 2.75) is 0 Å². The van der Waals surface area contributed by atoms with Gasteiger partial charge in [-0.05, 0) is 48.5 Å². The summed E-state index contributed by atoms with van der Waals surface area (Å²) in [7, 11) is 0. The molecule has 0 saturated heterocycles. The van der Waals surface area contributed by atoms with Crippen LogP contribution in [0.5, 0.6) is 17.2 Å². The van der Waals surface area contributed by atoms with Crippen LogP contribution in [-0.4, -0.2) is 6.09 Å². The molecule has 0 bridgehead atoms. The maximum Gasteiger partial charge on any atom is 0.417 e. The molecular formula is C19H16N2O3. The number of anilines is 2. The SMILES string of the molecule is Nc1ccc(Oc2cccc(NC(=O)Oc3ccccc3)c2)cc1. The van der Waals surface area contributed by atoms with E-state index in [0.717, 1.165) is 0 Å². The van der Waals surface area contributed by atoms with Gasteiger partial charge in [-0.1, -0.05) is 24.3 Å². The third kappa shape index (κ3) is 4.27. The second-order valence-electron chi connectivity index (χ2n) is 5.03. The first-order chi connectivity index (χ1) is 11.7. The van der Waals surface area contributed by atoms with Crippen LogP contribution in [0, 0.1) is 0 Å². The van der Waals surface area contributed by atoms with Crippen molar-refractivity contribution in [2.75, 3.05) is 11.1 Å². The van der Waals surface area contributed by atoms with Crippen molar-refractivity contribution in [3.05, 3.63) is 78.9 Å². The summed E-state index contributed by atoms with van der Waals surface area (Å²) in [6, 6.07) is 23.0. The molecule has 0 aromatic heterocycles. The van der Waals surface area contributed by atoms with Gasteiger partial charge in [0.25, 0.3) is 0 Å². The van der Waals surface area contributed by atoms with E-state index in [9.17, 15) is 4.79 Å². The Morgan fingerprint density at radius 2 is 1.50 bits per heavy atom. The molecule has 0 unspecified atom stereocenters. The van der Waals surface area contributed by atoms with Crippen molar-refractivity contribution in [3.63, 3.8) is 0 Å². The van der Waals surface area contributed by atoms with Crippen LogP contribution in [0.3, 0.4) is 0 Å². The molecule has 24 heavy (non-hydrogen) atoms. The van der Waals surface area contributed by atoms with Gasteiger partial charge in [-0.3, -0.25) is 5.32 Å². The Labute approximate surface area is 139 Å². The molecule has 3 aromatic carbocycles. The highest BCUT2D eigenvalue weighted by Gasteiger charge is 2.06. The van der Waals surface area contributed by atoms with E-state index in [2.05, 4.69) is 5.32 Å². The lowest BCUT2D eigenvalue weighted by Gasteiger charge is -2.09. The number of carbonyl (C=O) groups excluding carboxylic acids is 1. The molecule has 0 aliphatic carbocycles. The molecule has 3 N–H and O–H groups in total. The number of carbonyl (C=O) groups is 1. The minimum absolute atomic E-state index is 0.476. The lowest BCUT2D eigenvalue weighted by molar-refractivity contribution is 0.215. The van der Waals surface area contributed by atoms with Crippen molar-refractivity contribution in [2.24, 2.45) is 0 Å². The summed E-state index contributed by atoms with van der Waals surface area (Å²) in [5, 5.41) is 2.66. The maximum absolute atomic E-state index is 11.9. The van der Waals surface area contributed by atoms with Crippen LogP contribution in [0.4, 0.5) is 16.2 Å². The van der Waals surface area contributed by atoms with E-state index >= 15 is 0 Å². The van der Waals surface area contributed by atoms with Gasteiger partial charge in [0.05, 0.1) is 0 Å². The zero-order chi connectivity index (χ0) is 16.8. The number of amides is 1. The van der Waals surface area contributed by atoms with Crippen molar-refractivity contribution in [3.8, 4) is 17.2 Å². The van der Waals surface area contributed by atoms with Crippen molar-refractivity contribution < 1.29 is 14.3 Å². The smallest absolute Gasteiger partial charge is 0.417 e. The fraction of sp³-hybridized carbons (Fsp3) is 0. The van der Waals surface area contributed by atoms with Gasteiger partial charge < -0.3 is 15.2 Å². The Morgan fingerprint density at radius 1 is 0.792 bits per heavy atom. The van der Waals surface area contributed by atoms with Crippen LogP contribution in [0.25, 0.3) is 0 Å². The van der Waals surface area contributed by atoms with E-state index in [0.29, 0.717) is 28.6 Å². The molecule has 0 aliphatic heterocycles. The van der Waals surface area contributed by atoms with Crippen LogP contribution in [0.2, 0.25) is 0 Å². The van der Waals surface area contributed by atoms with Crippen LogP contribution >= 0.6 is 0 Å². The predicted molar refractivity (Wildman–Crippen MR) is 93.5 cm³/mol. The molecular weight excluding hydrogens is 304 g/mol. The fourth-order valence-corrected chi connectivity index (χ4v) is 2.05. The first-order valence-electron chi connectivity index (χ1n) is 7.36. The van der Waals surface area contributed by atoms with E-state index in [1.54, 1.807) is 72.8 Å². The monoisotopic (exact) mass is 320 g/mol. The van der Waals surface area contributed by atoms with Crippen LogP contribution in [-0.2, 0) is 0 Å². The van der Waals surface area contributed by atoms with E-state index in [1.165, 1.54) is 0 Å². The number of nitrogens with two attached hydrogens (primary N) is 1. The van der Waals surface area contributed by atoms with Crippen molar-refractivity contribution in [1.82, 2.24) is 0 Å². The van der Waals surface area contributed by atoms with E-state index < -0.39 is 6.09 Å². The van der Waals surface area contributed by atoms with Gasteiger partial charge in [0.15, 0.2) is 0 Å². The molecule has 0 spiro atoms. The van der Waals surface area contributed by atoms with Gasteiger partial charge in [-0.15, -0.1) is 0 Å². The van der Waals surface area contributed by atoms with Crippen molar-refractivity contribution >= 4 is 17.5 Å². The minimum atomic E-state index is -0.564. The van der Waals surface area contributed by atoms with Crippen molar-refractivity contribution in [1.29, 1.82) is 0 Å². The Hall–Kier alpha value is -3.47. The number of ether oxygens (including phenoxy) is 2. The number of nitrogens with one attached hydrogen (secondary N) is 1. The number of para-hydroxylation sites is 1. The summed E-state index contributed by atoms with van der Waals surface area (Å²) in [5.41, 5.74) is 6.89. The largest absolute Gasteiger partial charge is 0.457 e. The number of hydrogen-bond donors (Lipinski definition) is 2. The lowest BCUT2D eigenvalue weighted by atomic mass is 10.3. The minimum Gasteiger partial charge on any atom is -0.457 e. The quantitative estimate of drug-likeness (QED) is 0.685. The third-order valence-corrected chi connectivity index (χ3v) is 3.15. The first-order valence-corrected chi connectivity index (χ1v) is 7.36. The number of nitrogen functional groups attached to an aromatic ring is 1. The molecule has 5 heteroatoms. The normalized spacial score (nSPS) is 10.0. The van der Waals surface area contributed by atoms with E-state index in [4.69, 9.17) is 15.2 Å². The van der Waals surface area contributed by atoms with Gasteiger partial charge in [-0.2, -0.15) is 0 Å². The standard InChI is InChI=1S/C19H16N2O3/c20-14-9-11-17(12-10-14)23-18-8-4-5-15(13-18)21-19(22)24-16-6-2-1-3-7-16/h1-13H,20H2,(H,21,22). The van der Waals surface area contributed by atoms with Gasteiger partial charge in [0.1, 0.15) is 17.2 Å². The van der Waals surface area contributed by atoms with Crippen LogP contribution in [0.15, 0.2) is 78.9 Å². The summed E-state index contributed by atoms with van der Waals surface area (Å²) < 4.78 is 10.9. The molecule has 120 valence electrons. The molecule has 0 atom stereocenters. The summed E-state index contributed by atoms with van der Waals surface area (Å²) in [5.74, 6) is 1.73. The van der Waals surface area contributed by atoms with Gasteiger partial charge in [0.2, 0.25) is 0 Å². The summed E-state index contributed by atoms with van der Waals surface area (Å²) >= 11 is 0. The van der Waals surface area contributed by atoms with Gasteiger partial charge in [0, 0.05) is 17.4 Å². The molecule has 5 nitrogen and oxygen atoms in total. The second kappa shape index (κ2) is 7.19. The molecule has 3 aromatic rings. The van der Waals surface area contributed by atoms with E-state index in [1.807, 2.05) is 6.07 Å². The Bertz CT molecular complexity index is 818. The first kappa shape index (κ1) is 15.4. The number of benzene rings is 3.